The number of benzene rings is 3. The molecule has 4 rings (SSSR count). The lowest BCUT2D eigenvalue weighted by molar-refractivity contribution is 0.102. The number of hydrogen-bond donors (Lipinski definition) is 1. The number of amides is 1. The second-order valence-electron chi connectivity index (χ2n) is 7.25. The fourth-order valence-electron chi connectivity index (χ4n) is 3.51. The lowest BCUT2D eigenvalue weighted by atomic mass is 10.0. The molecule has 0 bridgehead atoms. The summed E-state index contributed by atoms with van der Waals surface area (Å²) >= 11 is 0. The summed E-state index contributed by atoms with van der Waals surface area (Å²) in [5.74, 6) is 1.05. The van der Waals surface area contributed by atoms with Gasteiger partial charge in [0, 0.05) is 5.69 Å². The number of ether oxygens (including phenoxy) is 1. The molecule has 0 atom stereocenters. The van der Waals surface area contributed by atoms with Crippen LogP contribution in [0, 0.1) is 13.8 Å². The van der Waals surface area contributed by atoms with Crippen molar-refractivity contribution in [2.75, 3.05) is 5.32 Å². The summed E-state index contributed by atoms with van der Waals surface area (Å²) < 4.78 is 11.3. The van der Waals surface area contributed by atoms with Gasteiger partial charge in [0.1, 0.15) is 18.1 Å². The number of nitrogens with one attached hydrogen (secondary N) is 1. The summed E-state index contributed by atoms with van der Waals surface area (Å²) in [4.78, 5) is 13.2. The normalized spacial score (nSPS) is 10.9. The van der Waals surface area contributed by atoms with E-state index in [1.807, 2.05) is 74.5 Å². The van der Waals surface area contributed by atoms with Crippen LogP contribution in [0.25, 0.3) is 10.8 Å². The number of fused-ring (bicyclic) bond motifs is 1. The van der Waals surface area contributed by atoms with Gasteiger partial charge in [-0.25, -0.2) is 0 Å². The smallest absolute Gasteiger partial charge is 0.259 e. The summed E-state index contributed by atoms with van der Waals surface area (Å²) in [6.45, 7) is 6.09. The molecule has 0 aliphatic rings. The highest BCUT2D eigenvalue weighted by Gasteiger charge is 2.17. The van der Waals surface area contributed by atoms with Crippen LogP contribution in [-0.4, -0.2) is 11.1 Å². The molecule has 0 aliphatic carbocycles. The third kappa shape index (κ3) is 3.92. The summed E-state index contributed by atoms with van der Waals surface area (Å²) in [7, 11) is 0. The van der Waals surface area contributed by atoms with Crippen molar-refractivity contribution in [1.82, 2.24) is 5.16 Å². The van der Waals surface area contributed by atoms with E-state index in [9.17, 15) is 4.79 Å². The van der Waals surface area contributed by atoms with Gasteiger partial charge in [-0.2, -0.15) is 0 Å². The zero-order valence-corrected chi connectivity index (χ0v) is 17.4. The summed E-state index contributed by atoms with van der Waals surface area (Å²) in [5.41, 5.74) is 4.08. The Morgan fingerprint density at radius 1 is 1.03 bits per heavy atom. The van der Waals surface area contributed by atoms with E-state index < -0.39 is 0 Å². The van der Waals surface area contributed by atoms with Gasteiger partial charge in [0.25, 0.3) is 5.91 Å². The Bertz CT molecular complexity index is 1190. The first-order valence-corrected chi connectivity index (χ1v) is 10.0. The number of carbonyl (C=O) groups is 1. The van der Waals surface area contributed by atoms with Gasteiger partial charge in [-0.05, 0) is 54.8 Å². The second-order valence-corrected chi connectivity index (χ2v) is 7.25. The molecule has 5 heteroatoms. The number of rotatable bonds is 6. The summed E-state index contributed by atoms with van der Waals surface area (Å²) in [6.07, 6.45) is 0.837. The van der Waals surface area contributed by atoms with E-state index in [4.69, 9.17) is 9.26 Å². The van der Waals surface area contributed by atoms with Gasteiger partial charge >= 0.3 is 0 Å². The number of aromatic nitrogens is 1. The van der Waals surface area contributed by atoms with Crippen LogP contribution in [0.3, 0.4) is 0 Å². The fraction of sp³-hybridized carbons (Fsp3) is 0.200. The molecule has 0 unspecified atom stereocenters. The maximum Gasteiger partial charge on any atom is 0.259 e. The van der Waals surface area contributed by atoms with Crippen molar-refractivity contribution in [2.45, 2.75) is 33.8 Å². The van der Waals surface area contributed by atoms with Crippen LogP contribution >= 0.6 is 0 Å². The lowest BCUT2D eigenvalue weighted by Gasteiger charge is -2.15. The zero-order valence-electron chi connectivity index (χ0n) is 17.4. The van der Waals surface area contributed by atoms with E-state index in [-0.39, 0.29) is 12.5 Å². The average molecular weight is 400 g/mol. The Hall–Kier alpha value is -3.60. The summed E-state index contributed by atoms with van der Waals surface area (Å²) in [6, 6.07) is 19.5. The van der Waals surface area contributed by atoms with Crippen LogP contribution in [0.4, 0.5) is 5.69 Å². The molecule has 0 saturated carbocycles. The Morgan fingerprint density at radius 2 is 1.73 bits per heavy atom. The Morgan fingerprint density at radius 3 is 2.43 bits per heavy atom. The Balaban J connectivity index is 1.69. The standard InChI is InChI=1S/C25H24N2O3/c1-4-18-9-7-8-12-23(18)26-25(28)21-13-19-10-5-6-11-20(19)14-24(21)29-15-22-16(2)27-30-17(22)3/h5-14H,4,15H2,1-3H3,(H,26,28). The number of carbonyl (C=O) groups excluding carboxylic acids is 1. The molecule has 0 saturated heterocycles. The first-order valence-electron chi connectivity index (χ1n) is 10.0. The van der Waals surface area contributed by atoms with E-state index in [2.05, 4.69) is 17.4 Å². The topological polar surface area (TPSA) is 64.4 Å². The molecule has 5 nitrogen and oxygen atoms in total. The van der Waals surface area contributed by atoms with Crippen molar-refractivity contribution in [3.05, 3.63) is 88.8 Å². The molecular weight excluding hydrogens is 376 g/mol. The second kappa shape index (κ2) is 8.41. The van der Waals surface area contributed by atoms with Gasteiger partial charge < -0.3 is 14.6 Å². The van der Waals surface area contributed by atoms with E-state index in [1.165, 1.54) is 0 Å². The van der Waals surface area contributed by atoms with Crippen molar-refractivity contribution in [2.24, 2.45) is 0 Å². The third-order valence-corrected chi connectivity index (χ3v) is 5.29. The van der Waals surface area contributed by atoms with Crippen molar-refractivity contribution < 1.29 is 14.1 Å². The minimum Gasteiger partial charge on any atom is -0.488 e. The van der Waals surface area contributed by atoms with Gasteiger partial charge in [0.2, 0.25) is 0 Å². The molecule has 1 aromatic heterocycles. The number of nitrogens with zero attached hydrogens (tertiary/aromatic N) is 1. The van der Waals surface area contributed by atoms with Crippen molar-refractivity contribution >= 4 is 22.4 Å². The van der Waals surface area contributed by atoms with Crippen LogP contribution in [0.5, 0.6) is 5.75 Å². The highest BCUT2D eigenvalue weighted by atomic mass is 16.5. The van der Waals surface area contributed by atoms with Crippen LogP contribution in [0.2, 0.25) is 0 Å². The first-order chi connectivity index (χ1) is 14.6. The maximum absolute atomic E-state index is 13.2. The Kier molecular flexibility index (Phi) is 5.53. The molecule has 1 amide bonds. The lowest BCUT2D eigenvalue weighted by Crippen LogP contribution is -2.15. The molecule has 0 fully saturated rings. The van der Waals surface area contributed by atoms with Gasteiger partial charge in [-0.3, -0.25) is 4.79 Å². The predicted molar refractivity (Wildman–Crippen MR) is 118 cm³/mol. The molecule has 3 aromatic carbocycles. The molecule has 1 N–H and O–H groups in total. The van der Waals surface area contributed by atoms with Crippen molar-refractivity contribution in [3.8, 4) is 5.75 Å². The van der Waals surface area contributed by atoms with Crippen LogP contribution in [-0.2, 0) is 13.0 Å². The third-order valence-electron chi connectivity index (χ3n) is 5.29. The summed E-state index contributed by atoms with van der Waals surface area (Å²) in [5, 5.41) is 9.02. The molecule has 0 spiro atoms. The van der Waals surface area contributed by atoms with Crippen LogP contribution < -0.4 is 10.1 Å². The molecule has 1 heterocycles. The van der Waals surface area contributed by atoms with Crippen molar-refractivity contribution in [1.29, 1.82) is 0 Å². The number of anilines is 1. The molecular formula is C25H24N2O3. The van der Waals surface area contributed by atoms with Gasteiger partial charge in [-0.1, -0.05) is 54.5 Å². The largest absolute Gasteiger partial charge is 0.488 e. The highest BCUT2D eigenvalue weighted by molar-refractivity contribution is 6.09. The van der Waals surface area contributed by atoms with Gasteiger partial charge in [0.05, 0.1) is 16.8 Å². The molecule has 4 aromatic rings. The van der Waals surface area contributed by atoms with E-state index >= 15 is 0 Å². The zero-order chi connectivity index (χ0) is 21.1. The number of hydrogen-bond acceptors (Lipinski definition) is 4. The minimum absolute atomic E-state index is 0.199. The first kappa shape index (κ1) is 19.7. The SMILES string of the molecule is CCc1ccccc1NC(=O)c1cc2ccccc2cc1OCc1c(C)noc1C. The predicted octanol–water partition coefficient (Wildman–Crippen LogP) is 5.84. The highest BCUT2D eigenvalue weighted by Crippen LogP contribution is 2.29. The van der Waals surface area contributed by atoms with Gasteiger partial charge in [0.15, 0.2) is 0 Å². The van der Waals surface area contributed by atoms with E-state index in [1.54, 1.807) is 0 Å². The molecule has 0 radical (unpaired) electrons. The molecule has 152 valence electrons. The van der Waals surface area contributed by atoms with E-state index in [0.717, 1.165) is 45.5 Å². The number of aryl methyl sites for hydroxylation is 3. The quantitative estimate of drug-likeness (QED) is 0.442. The minimum atomic E-state index is -0.199. The van der Waals surface area contributed by atoms with Crippen LogP contribution in [0.15, 0.2) is 65.2 Å². The van der Waals surface area contributed by atoms with E-state index in [0.29, 0.717) is 11.3 Å². The van der Waals surface area contributed by atoms with Crippen LogP contribution in [0.1, 0.15) is 39.9 Å². The maximum atomic E-state index is 13.2. The molecule has 0 aliphatic heterocycles. The van der Waals surface area contributed by atoms with Gasteiger partial charge in [-0.15, -0.1) is 0 Å². The molecule has 30 heavy (non-hydrogen) atoms. The monoisotopic (exact) mass is 400 g/mol. The van der Waals surface area contributed by atoms with Crippen molar-refractivity contribution in [3.63, 3.8) is 0 Å². The Labute approximate surface area is 175 Å². The average Bonchev–Trinajstić information content (AvgIpc) is 3.09. The fourth-order valence-corrected chi connectivity index (χ4v) is 3.51. The number of para-hydroxylation sites is 1.